The van der Waals surface area contributed by atoms with Gasteiger partial charge >= 0.3 is 0 Å². The van der Waals surface area contributed by atoms with E-state index >= 15 is 0 Å². The van der Waals surface area contributed by atoms with Crippen LogP contribution in [0.1, 0.15) is 36.3 Å². The Morgan fingerprint density at radius 2 is 2.18 bits per heavy atom. The SMILES string of the molecule is Cc1ncc(CN2CCC(c3ccccn3)C(C)C2)c(N)n1. The summed E-state index contributed by atoms with van der Waals surface area (Å²) in [5.41, 5.74) is 8.24. The van der Waals surface area contributed by atoms with Crippen LogP contribution in [-0.2, 0) is 6.54 Å². The van der Waals surface area contributed by atoms with Crippen LogP contribution in [0.5, 0.6) is 0 Å². The smallest absolute Gasteiger partial charge is 0.131 e. The Morgan fingerprint density at radius 3 is 2.86 bits per heavy atom. The molecule has 1 aliphatic heterocycles. The number of nitrogens with zero attached hydrogens (tertiary/aromatic N) is 4. The molecule has 3 heterocycles. The Kier molecular flexibility index (Phi) is 4.34. The minimum atomic E-state index is 0.545. The minimum absolute atomic E-state index is 0.545. The van der Waals surface area contributed by atoms with Crippen molar-refractivity contribution in [2.24, 2.45) is 5.92 Å². The summed E-state index contributed by atoms with van der Waals surface area (Å²) >= 11 is 0. The molecule has 5 nitrogen and oxygen atoms in total. The second-order valence-corrected chi connectivity index (χ2v) is 6.19. The fraction of sp³-hybridized carbons (Fsp3) is 0.471. The van der Waals surface area contributed by atoms with Gasteiger partial charge in [0.15, 0.2) is 0 Å². The molecule has 0 bridgehead atoms. The van der Waals surface area contributed by atoms with Crippen LogP contribution in [0.25, 0.3) is 0 Å². The van der Waals surface area contributed by atoms with Crippen LogP contribution in [-0.4, -0.2) is 32.9 Å². The molecule has 3 rings (SSSR count). The predicted octanol–water partition coefficient (Wildman–Crippen LogP) is 2.39. The summed E-state index contributed by atoms with van der Waals surface area (Å²) in [4.78, 5) is 15.5. The summed E-state index contributed by atoms with van der Waals surface area (Å²) in [6, 6.07) is 6.19. The molecule has 2 aromatic rings. The van der Waals surface area contributed by atoms with E-state index in [0.29, 0.717) is 17.7 Å². The van der Waals surface area contributed by atoms with Gasteiger partial charge in [-0.3, -0.25) is 9.88 Å². The molecule has 2 atom stereocenters. The van der Waals surface area contributed by atoms with Crippen molar-refractivity contribution in [3.63, 3.8) is 0 Å². The molecule has 1 aliphatic rings. The molecule has 0 amide bonds. The molecule has 116 valence electrons. The van der Waals surface area contributed by atoms with Crippen molar-refractivity contribution in [3.8, 4) is 0 Å². The number of nitrogen functional groups attached to an aromatic ring is 1. The molecule has 0 spiro atoms. The fourth-order valence-corrected chi connectivity index (χ4v) is 3.29. The van der Waals surface area contributed by atoms with Crippen molar-refractivity contribution in [2.45, 2.75) is 32.7 Å². The monoisotopic (exact) mass is 297 g/mol. The van der Waals surface area contributed by atoms with Crippen LogP contribution in [0.2, 0.25) is 0 Å². The van der Waals surface area contributed by atoms with Crippen LogP contribution < -0.4 is 5.73 Å². The zero-order valence-corrected chi connectivity index (χ0v) is 13.2. The third kappa shape index (κ3) is 3.25. The van der Waals surface area contributed by atoms with E-state index < -0.39 is 0 Å². The first-order chi connectivity index (χ1) is 10.6. The van der Waals surface area contributed by atoms with Crippen LogP contribution in [0.3, 0.4) is 0 Å². The Balaban J connectivity index is 1.65. The third-order valence-electron chi connectivity index (χ3n) is 4.47. The second kappa shape index (κ2) is 6.40. The first kappa shape index (κ1) is 14.9. The quantitative estimate of drug-likeness (QED) is 0.942. The number of nitrogens with two attached hydrogens (primary N) is 1. The van der Waals surface area contributed by atoms with E-state index in [-0.39, 0.29) is 0 Å². The van der Waals surface area contributed by atoms with Crippen LogP contribution in [0.15, 0.2) is 30.6 Å². The molecule has 0 radical (unpaired) electrons. The van der Waals surface area contributed by atoms with E-state index in [1.54, 1.807) is 0 Å². The maximum atomic E-state index is 6.00. The standard InChI is InChI=1S/C17H23N5/c1-12-10-22(11-14-9-20-13(2)21-17(14)18)8-6-15(12)16-5-3-4-7-19-16/h3-5,7,9,12,15H,6,8,10-11H2,1-2H3,(H2,18,20,21). The van der Waals surface area contributed by atoms with Crippen molar-refractivity contribution >= 4 is 5.82 Å². The summed E-state index contributed by atoms with van der Waals surface area (Å²) in [6.45, 7) is 7.10. The van der Waals surface area contributed by atoms with E-state index in [1.807, 2.05) is 25.4 Å². The molecule has 2 unspecified atom stereocenters. The van der Waals surface area contributed by atoms with E-state index in [1.165, 1.54) is 5.69 Å². The number of piperidine rings is 1. The van der Waals surface area contributed by atoms with Gasteiger partial charge in [-0.1, -0.05) is 13.0 Å². The maximum Gasteiger partial charge on any atom is 0.131 e. The Morgan fingerprint density at radius 1 is 1.32 bits per heavy atom. The van der Waals surface area contributed by atoms with Crippen LogP contribution in [0, 0.1) is 12.8 Å². The minimum Gasteiger partial charge on any atom is -0.383 e. The molecule has 2 aromatic heterocycles. The van der Waals surface area contributed by atoms with Crippen LogP contribution >= 0.6 is 0 Å². The molecule has 2 N–H and O–H groups in total. The van der Waals surface area contributed by atoms with E-state index in [9.17, 15) is 0 Å². The van der Waals surface area contributed by atoms with Gasteiger partial charge in [-0.15, -0.1) is 0 Å². The van der Waals surface area contributed by atoms with Gasteiger partial charge in [0, 0.05) is 42.7 Å². The lowest BCUT2D eigenvalue weighted by Crippen LogP contribution is -2.38. The summed E-state index contributed by atoms with van der Waals surface area (Å²) in [5.74, 6) is 2.45. The Hall–Kier alpha value is -2.01. The zero-order chi connectivity index (χ0) is 15.5. The highest BCUT2D eigenvalue weighted by molar-refractivity contribution is 5.37. The summed E-state index contributed by atoms with van der Waals surface area (Å²) < 4.78 is 0. The molecule has 1 saturated heterocycles. The lowest BCUT2D eigenvalue weighted by molar-refractivity contribution is 0.154. The van der Waals surface area contributed by atoms with Gasteiger partial charge in [0.05, 0.1) is 0 Å². The molecular weight excluding hydrogens is 274 g/mol. The van der Waals surface area contributed by atoms with Gasteiger partial charge in [-0.2, -0.15) is 0 Å². The predicted molar refractivity (Wildman–Crippen MR) is 87.2 cm³/mol. The normalized spacial score (nSPS) is 22.6. The van der Waals surface area contributed by atoms with Crippen molar-refractivity contribution in [2.75, 3.05) is 18.8 Å². The third-order valence-corrected chi connectivity index (χ3v) is 4.47. The number of hydrogen-bond donors (Lipinski definition) is 1. The Bertz CT molecular complexity index is 628. The fourth-order valence-electron chi connectivity index (χ4n) is 3.29. The lowest BCUT2D eigenvalue weighted by atomic mass is 9.84. The molecule has 1 fully saturated rings. The highest BCUT2D eigenvalue weighted by Gasteiger charge is 2.28. The zero-order valence-electron chi connectivity index (χ0n) is 13.2. The van der Waals surface area contributed by atoms with Gasteiger partial charge in [-0.25, -0.2) is 9.97 Å². The highest BCUT2D eigenvalue weighted by Crippen LogP contribution is 2.32. The van der Waals surface area contributed by atoms with E-state index in [0.717, 1.165) is 37.4 Å². The van der Waals surface area contributed by atoms with Crippen molar-refractivity contribution in [1.82, 2.24) is 19.9 Å². The number of hydrogen-bond acceptors (Lipinski definition) is 5. The number of aryl methyl sites for hydroxylation is 1. The largest absolute Gasteiger partial charge is 0.383 e. The number of likely N-dealkylation sites (tertiary alicyclic amines) is 1. The average Bonchev–Trinajstić information content (AvgIpc) is 2.51. The topological polar surface area (TPSA) is 67.9 Å². The first-order valence-electron chi connectivity index (χ1n) is 7.84. The highest BCUT2D eigenvalue weighted by atomic mass is 15.1. The van der Waals surface area contributed by atoms with Gasteiger partial charge in [0.2, 0.25) is 0 Å². The average molecular weight is 297 g/mol. The number of pyridine rings is 1. The van der Waals surface area contributed by atoms with Crippen molar-refractivity contribution < 1.29 is 0 Å². The van der Waals surface area contributed by atoms with Gasteiger partial charge in [-0.05, 0) is 37.9 Å². The van der Waals surface area contributed by atoms with E-state index in [4.69, 9.17) is 5.73 Å². The van der Waals surface area contributed by atoms with Gasteiger partial charge in [0.1, 0.15) is 11.6 Å². The maximum absolute atomic E-state index is 6.00. The number of rotatable bonds is 3. The molecule has 0 saturated carbocycles. The summed E-state index contributed by atoms with van der Waals surface area (Å²) in [6.07, 6.45) is 4.87. The molecule has 5 heteroatoms. The summed E-state index contributed by atoms with van der Waals surface area (Å²) in [5, 5.41) is 0. The summed E-state index contributed by atoms with van der Waals surface area (Å²) in [7, 11) is 0. The number of anilines is 1. The lowest BCUT2D eigenvalue weighted by Gasteiger charge is -2.36. The van der Waals surface area contributed by atoms with Crippen molar-refractivity contribution in [1.29, 1.82) is 0 Å². The Labute approximate surface area is 131 Å². The second-order valence-electron chi connectivity index (χ2n) is 6.19. The van der Waals surface area contributed by atoms with E-state index in [2.05, 4.69) is 38.9 Å². The molecule has 22 heavy (non-hydrogen) atoms. The number of aromatic nitrogens is 3. The van der Waals surface area contributed by atoms with Crippen molar-refractivity contribution in [3.05, 3.63) is 47.7 Å². The molecule has 0 aromatic carbocycles. The van der Waals surface area contributed by atoms with Crippen LogP contribution in [0.4, 0.5) is 5.82 Å². The first-order valence-corrected chi connectivity index (χ1v) is 7.84. The van der Waals surface area contributed by atoms with Gasteiger partial charge < -0.3 is 5.73 Å². The van der Waals surface area contributed by atoms with Gasteiger partial charge in [0.25, 0.3) is 0 Å². The molecule has 0 aliphatic carbocycles. The molecular formula is C17H23N5.